The number of nitrogens with two attached hydrogens (primary N) is 1. The van der Waals surface area contributed by atoms with E-state index in [9.17, 15) is 9.59 Å². The lowest BCUT2D eigenvalue weighted by Crippen LogP contribution is -2.41. The van der Waals surface area contributed by atoms with Crippen molar-refractivity contribution < 1.29 is 14.3 Å². The van der Waals surface area contributed by atoms with Crippen LogP contribution in [0.5, 0.6) is 0 Å². The normalized spacial score (nSPS) is 18.0. The summed E-state index contributed by atoms with van der Waals surface area (Å²) in [6, 6.07) is 9.46. The molecule has 148 valence electrons. The molecule has 0 spiro atoms. The van der Waals surface area contributed by atoms with Gasteiger partial charge in [-0.25, -0.2) is 4.79 Å². The highest BCUT2D eigenvalue weighted by Gasteiger charge is 2.34. The first-order valence-corrected chi connectivity index (χ1v) is 9.61. The zero-order chi connectivity index (χ0) is 20.3. The molecular weight excluding hydrogens is 401 g/mol. The lowest BCUT2D eigenvalue weighted by molar-refractivity contribution is -0.141. The Morgan fingerprint density at radius 2 is 1.96 bits per heavy atom. The van der Waals surface area contributed by atoms with E-state index in [0.29, 0.717) is 39.8 Å². The van der Waals surface area contributed by atoms with Gasteiger partial charge in [-0.15, -0.1) is 0 Å². The van der Waals surface area contributed by atoms with Crippen LogP contribution in [0.4, 0.5) is 5.69 Å². The Morgan fingerprint density at radius 1 is 1.25 bits per heavy atom. The Kier molecular flexibility index (Phi) is 6.44. The van der Waals surface area contributed by atoms with Gasteiger partial charge in [0.15, 0.2) is 0 Å². The van der Waals surface area contributed by atoms with Crippen LogP contribution in [0.3, 0.4) is 0 Å². The summed E-state index contributed by atoms with van der Waals surface area (Å²) < 4.78 is 4.85. The van der Waals surface area contributed by atoms with Crippen LogP contribution in [0.2, 0.25) is 10.0 Å². The van der Waals surface area contributed by atoms with E-state index in [4.69, 9.17) is 33.7 Å². The van der Waals surface area contributed by atoms with Gasteiger partial charge in [0.05, 0.1) is 13.2 Å². The number of hydrogen-bond donors (Lipinski definition) is 3. The smallest absolute Gasteiger partial charge is 0.328 e. The molecule has 2 atom stereocenters. The number of fused-ring (bicyclic) bond motifs is 1. The van der Waals surface area contributed by atoms with Gasteiger partial charge < -0.3 is 21.1 Å². The highest BCUT2D eigenvalue weighted by molar-refractivity contribution is 6.35. The molecule has 3 rings (SSSR count). The summed E-state index contributed by atoms with van der Waals surface area (Å²) in [7, 11) is 1.32. The highest BCUT2D eigenvalue weighted by atomic mass is 35.5. The van der Waals surface area contributed by atoms with E-state index in [1.807, 2.05) is 12.1 Å². The number of rotatable bonds is 5. The van der Waals surface area contributed by atoms with Crippen molar-refractivity contribution in [1.82, 2.24) is 5.32 Å². The Balaban J connectivity index is 1.87. The summed E-state index contributed by atoms with van der Waals surface area (Å²) in [5, 5.41) is 6.91. The monoisotopic (exact) mass is 421 g/mol. The number of ether oxygens (including phenoxy) is 1. The van der Waals surface area contributed by atoms with E-state index in [1.165, 1.54) is 7.11 Å². The van der Waals surface area contributed by atoms with Gasteiger partial charge in [0, 0.05) is 33.3 Å². The van der Waals surface area contributed by atoms with E-state index in [0.717, 1.165) is 12.0 Å². The van der Waals surface area contributed by atoms with Gasteiger partial charge in [0.2, 0.25) is 0 Å². The number of carbonyl (C=O) groups excluding carboxylic acids is 2. The average molecular weight is 422 g/mol. The molecule has 0 saturated carbocycles. The van der Waals surface area contributed by atoms with Gasteiger partial charge >= 0.3 is 5.97 Å². The molecule has 1 amide bonds. The number of carbonyl (C=O) groups is 2. The lowest BCUT2D eigenvalue weighted by Gasteiger charge is -2.33. The molecule has 2 aromatic rings. The van der Waals surface area contributed by atoms with Crippen LogP contribution >= 0.6 is 23.2 Å². The number of anilines is 1. The molecule has 0 saturated heterocycles. The number of nitrogens with one attached hydrogen (secondary N) is 2. The summed E-state index contributed by atoms with van der Waals surface area (Å²) in [4.78, 5) is 24.8. The molecule has 28 heavy (non-hydrogen) atoms. The number of halogens is 2. The van der Waals surface area contributed by atoms with Gasteiger partial charge in [0.25, 0.3) is 5.91 Å². The van der Waals surface area contributed by atoms with E-state index in [1.54, 1.807) is 24.3 Å². The number of methoxy groups -OCH3 is 1. The molecule has 4 N–H and O–H groups in total. The summed E-state index contributed by atoms with van der Waals surface area (Å²) in [6.45, 7) is 0.549. The minimum absolute atomic E-state index is 0.258. The van der Waals surface area contributed by atoms with Gasteiger partial charge in [-0.3, -0.25) is 4.79 Å². The first kappa shape index (κ1) is 20.5. The van der Waals surface area contributed by atoms with Crippen LogP contribution in [-0.4, -0.2) is 31.6 Å². The fourth-order valence-corrected chi connectivity index (χ4v) is 3.94. The van der Waals surface area contributed by atoms with Crippen molar-refractivity contribution in [3.8, 4) is 0 Å². The van der Waals surface area contributed by atoms with Crippen LogP contribution in [0.15, 0.2) is 36.4 Å². The fourth-order valence-electron chi connectivity index (χ4n) is 3.32. The molecule has 0 aromatic heterocycles. The van der Waals surface area contributed by atoms with Crippen LogP contribution in [0.25, 0.3) is 0 Å². The zero-order valence-electron chi connectivity index (χ0n) is 15.3. The van der Waals surface area contributed by atoms with Crippen LogP contribution in [-0.2, 0) is 16.0 Å². The maximum Gasteiger partial charge on any atom is 0.328 e. The van der Waals surface area contributed by atoms with Crippen molar-refractivity contribution in [3.63, 3.8) is 0 Å². The third kappa shape index (κ3) is 4.41. The molecule has 1 aliphatic heterocycles. The number of amides is 1. The third-order valence-corrected chi connectivity index (χ3v) is 5.22. The van der Waals surface area contributed by atoms with Crippen molar-refractivity contribution >= 4 is 40.8 Å². The topological polar surface area (TPSA) is 93.5 Å². The second kappa shape index (κ2) is 8.82. The van der Waals surface area contributed by atoms with Gasteiger partial charge in [0.1, 0.15) is 6.04 Å². The quantitative estimate of drug-likeness (QED) is 0.643. The van der Waals surface area contributed by atoms with E-state index in [-0.39, 0.29) is 5.91 Å². The van der Waals surface area contributed by atoms with Crippen molar-refractivity contribution in [3.05, 3.63) is 63.1 Å². The minimum atomic E-state index is -0.621. The molecule has 0 aliphatic carbocycles. The Hall–Kier alpha value is -2.28. The van der Waals surface area contributed by atoms with Crippen LogP contribution in [0, 0.1) is 0 Å². The second-order valence-electron chi connectivity index (χ2n) is 6.57. The number of hydrogen-bond acceptors (Lipinski definition) is 5. The summed E-state index contributed by atoms with van der Waals surface area (Å²) >= 11 is 12.5. The Labute approximate surface area is 173 Å². The average Bonchev–Trinajstić information content (AvgIpc) is 2.67. The molecule has 2 aromatic carbocycles. The Bertz CT molecular complexity index is 887. The standard InChI is InChI=1S/C20H21Cl2N3O3/c1-28-20(27)17-10-16(18-14(22)8-13(21)9-15(18)24-17)25-19(26)12-4-2-11(3-5-12)6-7-23/h2-5,8-9,16-17,24H,6-7,10,23H2,1H3,(H,25,26)/t16-,17+/m0/s1. The van der Waals surface area contributed by atoms with Gasteiger partial charge in [-0.1, -0.05) is 35.3 Å². The highest BCUT2D eigenvalue weighted by Crippen LogP contribution is 2.40. The fraction of sp³-hybridized carbons (Fsp3) is 0.300. The predicted octanol–water partition coefficient (Wildman–Crippen LogP) is 3.32. The molecule has 0 fully saturated rings. The van der Waals surface area contributed by atoms with E-state index in [2.05, 4.69) is 10.6 Å². The maximum atomic E-state index is 12.8. The summed E-state index contributed by atoms with van der Waals surface area (Å²) in [5.74, 6) is -0.682. The van der Waals surface area contributed by atoms with Crippen LogP contribution in [0.1, 0.15) is 33.9 Å². The molecule has 0 unspecified atom stereocenters. The SMILES string of the molecule is COC(=O)[C@H]1C[C@H](NC(=O)c2ccc(CCN)cc2)c2c(Cl)cc(Cl)cc2N1. The van der Waals surface area contributed by atoms with Crippen LogP contribution < -0.4 is 16.4 Å². The first-order chi connectivity index (χ1) is 13.4. The largest absolute Gasteiger partial charge is 0.467 e. The predicted molar refractivity (Wildman–Crippen MR) is 110 cm³/mol. The third-order valence-electron chi connectivity index (χ3n) is 4.68. The summed E-state index contributed by atoms with van der Waals surface area (Å²) in [5.41, 5.74) is 8.43. The molecule has 1 aliphatic rings. The van der Waals surface area contributed by atoms with Crippen molar-refractivity contribution in [2.24, 2.45) is 5.73 Å². The zero-order valence-corrected chi connectivity index (χ0v) is 16.8. The number of esters is 1. The molecule has 8 heteroatoms. The molecular formula is C20H21Cl2N3O3. The molecule has 0 bridgehead atoms. The maximum absolute atomic E-state index is 12.8. The van der Waals surface area contributed by atoms with E-state index < -0.39 is 18.1 Å². The summed E-state index contributed by atoms with van der Waals surface area (Å²) in [6.07, 6.45) is 1.05. The molecule has 1 heterocycles. The minimum Gasteiger partial charge on any atom is -0.467 e. The Morgan fingerprint density at radius 3 is 2.61 bits per heavy atom. The van der Waals surface area contributed by atoms with Crippen molar-refractivity contribution in [2.45, 2.75) is 24.9 Å². The van der Waals surface area contributed by atoms with Crippen molar-refractivity contribution in [1.29, 1.82) is 0 Å². The van der Waals surface area contributed by atoms with Crippen molar-refractivity contribution in [2.75, 3.05) is 19.0 Å². The molecule has 0 radical (unpaired) electrons. The number of benzene rings is 2. The van der Waals surface area contributed by atoms with E-state index >= 15 is 0 Å². The molecule has 6 nitrogen and oxygen atoms in total. The lowest BCUT2D eigenvalue weighted by atomic mass is 9.92. The van der Waals surface area contributed by atoms with Gasteiger partial charge in [-0.05, 0) is 42.8 Å². The second-order valence-corrected chi connectivity index (χ2v) is 7.41. The first-order valence-electron chi connectivity index (χ1n) is 8.86. The van der Waals surface area contributed by atoms with Gasteiger partial charge in [-0.2, -0.15) is 0 Å².